The standard InChI is InChI=1S/C12H14ClNO3/c1-7-11(4-5-17-7)14-12(16)9-6-8(15)2-3-10(9)13/h2-3,6-7,11,15H,4-5H2,1H3,(H,14,16). The van der Waals surface area contributed by atoms with Crippen molar-refractivity contribution < 1.29 is 14.6 Å². The Morgan fingerprint density at radius 1 is 1.59 bits per heavy atom. The number of carbonyl (C=O) groups is 1. The number of phenols is 1. The van der Waals surface area contributed by atoms with Gasteiger partial charge in [0, 0.05) is 6.61 Å². The van der Waals surface area contributed by atoms with Crippen molar-refractivity contribution in [3.8, 4) is 5.75 Å². The van der Waals surface area contributed by atoms with Crippen LogP contribution in [0.5, 0.6) is 5.75 Å². The highest BCUT2D eigenvalue weighted by molar-refractivity contribution is 6.33. The van der Waals surface area contributed by atoms with Gasteiger partial charge in [-0.25, -0.2) is 0 Å². The Labute approximate surface area is 105 Å². The Hall–Kier alpha value is -1.26. The van der Waals surface area contributed by atoms with E-state index in [1.54, 1.807) is 0 Å². The van der Waals surface area contributed by atoms with Crippen LogP contribution in [0.4, 0.5) is 0 Å². The molecule has 4 nitrogen and oxygen atoms in total. The summed E-state index contributed by atoms with van der Waals surface area (Å²) in [5, 5.41) is 12.5. The second-order valence-electron chi connectivity index (χ2n) is 4.11. The fourth-order valence-electron chi connectivity index (χ4n) is 1.85. The number of rotatable bonds is 2. The van der Waals surface area contributed by atoms with E-state index in [-0.39, 0.29) is 29.4 Å². The van der Waals surface area contributed by atoms with E-state index in [1.165, 1.54) is 18.2 Å². The number of ether oxygens (including phenoxy) is 1. The molecule has 2 rings (SSSR count). The number of amides is 1. The summed E-state index contributed by atoms with van der Waals surface area (Å²) < 4.78 is 5.36. The summed E-state index contributed by atoms with van der Waals surface area (Å²) in [6, 6.07) is 4.31. The average molecular weight is 256 g/mol. The van der Waals surface area contributed by atoms with Crippen molar-refractivity contribution in [2.75, 3.05) is 6.61 Å². The van der Waals surface area contributed by atoms with Crippen molar-refractivity contribution in [1.82, 2.24) is 5.32 Å². The second-order valence-corrected chi connectivity index (χ2v) is 4.52. The van der Waals surface area contributed by atoms with Gasteiger partial charge in [0.05, 0.1) is 22.7 Å². The zero-order chi connectivity index (χ0) is 12.4. The van der Waals surface area contributed by atoms with Crippen molar-refractivity contribution >= 4 is 17.5 Å². The van der Waals surface area contributed by atoms with Gasteiger partial charge in [-0.2, -0.15) is 0 Å². The number of halogens is 1. The third-order valence-electron chi connectivity index (χ3n) is 2.89. The fraction of sp³-hybridized carbons (Fsp3) is 0.417. The summed E-state index contributed by atoms with van der Waals surface area (Å²) in [7, 11) is 0. The highest BCUT2D eigenvalue weighted by Crippen LogP contribution is 2.22. The van der Waals surface area contributed by atoms with Crippen molar-refractivity contribution in [3.05, 3.63) is 28.8 Å². The number of benzene rings is 1. The minimum Gasteiger partial charge on any atom is -0.508 e. The number of nitrogens with one attached hydrogen (secondary N) is 1. The molecule has 1 amide bonds. The zero-order valence-electron chi connectivity index (χ0n) is 9.44. The molecule has 2 unspecified atom stereocenters. The molecule has 1 heterocycles. The lowest BCUT2D eigenvalue weighted by Crippen LogP contribution is -2.39. The van der Waals surface area contributed by atoms with Gasteiger partial charge >= 0.3 is 0 Å². The van der Waals surface area contributed by atoms with Gasteiger partial charge in [-0.3, -0.25) is 4.79 Å². The molecule has 1 fully saturated rings. The van der Waals surface area contributed by atoms with E-state index in [1.807, 2.05) is 6.92 Å². The first kappa shape index (κ1) is 12.2. The Morgan fingerprint density at radius 2 is 2.35 bits per heavy atom. The number of phenolic OH excluding ortho intramolecular Hbond substituents is 1. The Kier molecular flexibility index (Phi) is 3.54. The molecule has 1 saturated heterocycles. The SMILES string of the molecule is CC1OCCC1NC(=O)c1cc(O)ccc1Cl. The number of hydrogen-bond acceptors (Lipinski definition) is 3. The summed E-state index contributed by atoms with van der Waals surface area (Å²) in [6.45, 7) is 2.57. The van der Waals surface area contributed by atoms with Gasteiger partial charge in [0.15, 0.2) is 0 Å². The Balaban J connectivity index is 2.11. The molecule has 0 bridgehead atoms. The van der Waals surface area contributed by atoms with Crippen molar-refractivity contribution in [2.45, 2.75) is 25.5 Å². The molecule has 2 atom stereocenters. The van der Waals surface area contributed by atoms with Gasteiger partial charge < -0.3 is 15.2 Å². The van der Waals surface area contributed by atoms with Gasteiger partial charge in [-0.1, -0.05) is 11.6 Å². The maximum atomic E-state index is 12.0. The molecule has 0 spiro atoms. The van der Waals surface area contributed by atoms with Gasteiger partial charge in [0.2, 0.25) is 0 Å². The smallest absolute Gasteiger partial charge is 0.253 e. The average Bonchev–Trinajstić information content (AvgIpc) is 2.68. The van der Waals surface area contributed by atoms with Crippen LogP contribution in [0.15, 0.2) is 18.2 Å². The predicted octanol–water partition coefficient (Wildman–Crippen LogP) is 1.95. The summed E-state index contributed by atoms with van der Waals surface area (Å²) in [5.74, 6) is -0.261. The zero-order valence-corrected chi connectivity index (χ0v) is 10.2. The van der Waals surface area contributed by atoms with Crippen LogP contribution in [0.2, 0.25) is 5.02 Å². The molecule has 92 valence electrons. The lowest BCUT2D eigenvalue weighted by molar-refractivity contribution is 0.0866. The maximum absolute atomic E-state index is 12.0. The molecule has 0 aromatic heterocycles. The highest BCUT2D eigenvalue weighted by Gasteiger charge is 2.26. The Bertz CT molecular complexity index is 436. The van der Waals surface area contributed by atoms with Crippen LogP contribution in [0.1, 0.15) is 23.7 Å². The molecule has 1 aromatic carbocycles. The molecule has 0 aliphatic carbocycles. The number of hydrogen-bond donors (Lipinski definition) is 2. The van der Waals surface area contributed by atoms with Crippen LogP contribution in [0, 0.1) is 0 Å². The Morgan fingerprint density at radius 3 is 3.00 bits per heavy atom. The molecule has 0 radical (unpaired) electrons. The normalized spacial score (nSPS) is 23.6. The monoisotopic (exact) mass is 255 g/mol. The molecule has 1 aliphatic heterocycles. The maximum Gasteiger partial charge on any atom is 0.253 e. The molecule has 17 heavy (non-hydrogen) atoms. The lowest BCUT2D eigenvalue weighted by Gasteiger charge is -2.16. The third kappa shape index (κ3) is 2.70. The van der Waals surface area contributed by atoms with E-state index in [2.05, 4.69) is 5.32 Å². The van der Waals surface area contributed by atoms with Crippen LogP contribution < -0.4 is 5.32 Å². The van der Waals surface area contributed by atoms with Crippen LogP contribution in [-0.4, -0.2) is 29.8 Å². The number of carbonyl (C=O) groups excluding carboxylic acids is 1. The van der Waals surface area contributed by atoms with E-state index >= 15 is 0 Å². The van der Waals surface area contributed by atoms with Crippen LogP contribution >= 0.6 is 11.6 Å². The van der Waals surface area contributed by atoms with Gasteiger partial charge in [-0.15, -0.1) is 0 Å². The van der Waals surface area contributed by atoms with Crippen LogP contribution in [0.3, 0.4) is 0 Å². The van der Waals surface area contributed by atoms with E-state index in [0.717, 1.165) is 6.42 Å². The minimum absolute atomic E-state index is 0.000848. The molecular weight excluding hydrogens is 242 g/mol. The largest absolute Gasteiger partial charge is 0.508 e. The highest BCUT2D eigenvalue weighted by atomic mass is 35.5. The summed E-state index contributed by atoms with van der Waals surface area (Å²) >= 11 is 5.91. The molecule has 0 saturated carbocycles. The third-order valence-corrected chi connectivity index (χ3v) is 3.22. The summed E-state index contributed by atoms with van der Waals surface area (Å²) in [4.78, 5) is 12.0. The molecule has 1 aromatic rings. The van der Waals surface area contributed by atoms with Gasteiger partial charge in [-0.05, 0) is 31.5 Å². The van der Waals surface area contributed by atoms with Crippen molar-refractivity contribution in [1.29, 1.82) is 0 Å². The van der Waals surface area contributed by atoms with Crippen molar-refractivity contribution in [2.24, 2.45) is 0 Å². The van der Waals surface area contributed by atoms with E-state index in [4.69, 9.17) is 16.3 Å². The topological polar surface area (TPSA) is 58.6 Å². The van der Waals surface area contributed by atoms with Crippen molar-refractivity contribution in [3.63, 3.8) is 0 Å². The first-order chi connectivity index (χ1) is 8.08. The molecule has 5 heteroatoms. The molecule has 1 aliphatic rings. The van der Waals surface area contributed by atoms with Gasteiger partial charge in [0.1, 0.15) is 5.75 Å². The minimum atomic E-state index is -0.284. The summed E-state index contributed by atoms with van der Waals surface area (Å²) in [5.41, 5.74) is 0.283. The number of aromatic hydroxyl groups is 1. The predicted molar refractivity (Wildman–Crippen MR) is 64.4 cm³/mol. The van der Waals surface area contributed by atoms with Crippen LogP contribution in [0.25, 0.3) is 0 Å². The first-order valence-electron chi connectivity index (χ1n) is 5.49. The quantitative estimate of drug-likeness (QED) is 0.849. The van der Waals surface area contributed by atoms with E-state index in [9.17, 15) is 9.90 Å². The van der Waals surface area contributed by atoms with Gasteiger partial charge in [0.25, 0.3) is 5.91 Å². The summed E-state index contributed by atoms with van der Waals surface area (Å²) in [6.07, 6.45) is 0.804. The van der Waals surface area contributed by atoms with E-state index in [0.29, 0.717) is 11.6 Å². The lowest BCUT2D eigenvalue weighted by atomic mass is 10.1. The first-order valence-corrected chi connectivity index (χ1v) is 5.86. The van der Waals surface area contributed by atoms with E-state index < -0.39 is 0 Å². The second kappa shape index (κ2) is 4.94. The fourth-order valence-corrected chi connectivity index (χ4v) is 2.06. The van der Waals surface area contributed by atoms with Crippen LogP contribution in [-0.2, 0) is 4.74 Å². The molecule has 2 N–H and O–H groups in total. The molecular formula is C12H14ClNO3.